The van der Waals surface area contributed by atoms with E-state index < -0.39 is 4.92 Å². The van der Waals surface area contributed by atoms with Crippen molar-refractivity contribution in [3.8, 4) is 5.75 Å². The Morgan fingerprint density at radius 2 is 2.00 bits per heavy atom. The van der Waals surface area contributed by atoms with Crippen LogP contribution < -0.4 is 5.43 Å². The van der Waals surface area contributed by atoms with Gasteiger partial charge in [-0.05, 0) is 52.5 Å². The van der Waals surface area contributed by atoms with E-state index in [-0.39, 0.29) is 17.3 Å². The number of phenolic OH excluding ortho intramolecular Hbond substituents is 1. The number of rotatable bonds is 7. The molecule has 0 saturated heterocycles. The van der Waals surface area contributed by atoms with E-state index in [4.69, 9.17) is 0 Å². The third-order valence-corrected chi connectivity index (χ3v) is 4.05. The minimum atomic E-state index is -0.497. The van der Waals surface area contributed by atoms with E-state index in [1.807, 2.05) is 12.1 Å². The van der Waals surface area contributed by atoms with Gasteiger partial charge in [-0.2, -0.15) is 5.10 Å². The van der Waals surface area contributed by atoms with Gasteiger partial charge in [0.05, 0.1) is 15.6 Å². The van der Waals surface area contributed by atoms with Crippen molar-refractivity contribution in [2.45, 2.75) is 19.3 Å². The number of halogens is 1. The number of nitro groups is 1. The number of amides is 1. The van der Waals surface area contributed by atoms with Gasteiger partial charge in [-0.1, -0.05) is 18.2 Å². The molecule has 0 aromatic heterocycles. The molecule has 7 nitrogen and oxygen atoms in total. The van der Waals surface area contributed by atoms with E-state index in [0.717, 1.165) is 12.0 Å². The maximum atomic E-state index is 11.7. The molecule has 0 atom stereocenters. The number of phenols is 1. The molecule has 0 bridgehead atoms. The van der Waals surface area contributed by atoms with E-state index in [1.165, 1.54) is 12.3 Å². The minimum Gasteiger partial charge on any atom is -0.508 e. The lowest BCUT2D eigenvalue weighted by molar-refractivity contribution is -0.385. The van der Waals surface area contributed by atoms with Crippen LogP contribution in [0.4, 0.5) is 5.69 Å². The summed E-state index contributed by atoms with van der Waals surface area (Å²) >= 11 is 3.10. The number of nitro benzene ring substituents is 1. The molecule has 0 unspecified atom stereocenters. The molecule has 0 saturated carbocycles. The Morgan fingerprint density at radius 1 is 1.28 bits per heavy atom. The molecular weight excluding hydrogens is 390 g/mol. The van der Waals surface area contributed by atoms with Crippen LogP contribution >= 0.6 is 15.9 Å². The zero-order chi connectivity index (χ0) is 18.2. The Morgan fingerprint density at radius 3 is 2.68 bits per heavy atom. The lowest BCUT2D eigenvalue weighted by atomic mass is 10.1. The third kappa shape index (κ3) is 6.00. The van der Waals surface area contributed by atoms with Gasteiger partial charge in [0.2, 0.25) is 5.91 Å². The summed E-state index contributed by atoms with van der Waals surface area (Å²) in [5, 5.41) is 23.9. The highest BCUT2D eigenvalue weighted by atomic mass is 79.9. The number of nitrogens with one attached hydrogen (secondary N) is 1. The van der Waals surface area contributed by atoms with E-state index >= 15 is 0 Å². The Balaban J connectivity index is 1.79. The Bertz CT molecular complexity index is 791. The predicted octanol–water partition coefficient (Wildman–Crippen LogP) is 3.54. The van der Waals surface area contributed by atoms with E-state index in [2.05, 4.69) is 26.5 Å². The standard InChI is InChI=1S/C17H16BrN3O4/c18-15-9-6-13(10-16(15)21(24)25)11-19-20-17(23)3-1-2-12-4-7-14(22)8-5-12/h4-11,22H,1-3H2,(H,20,23)/b19-11-. The molecule has 0 aliphatic carbocycles. The first-order valence-electron chi connectivity index (χ1n) is 7.49. The molecule has 0 fully saturated rings. The fourth-order valence-electron chi connectivity index (χ4n) is 2.10. The molecule has 0 heterocycles. The Labute approximate surface area is 152 Å². The van der Waals surface area contributed by atoms with Crippen LogP contribution in [-0.4, -0.2) is 22.2 Å². The molecule has 2 aromatic carbocycles. The zero-order valence-electron chi connectivity index (χ0n) is 13.2. The molecule has 0 aliphatic rings. The van der Waals surface area contributed by atoms with Crippen LogP contribution in [0.1, 0.15) is 24.0 Å². The Kier molecular flexibility index (Phi) is 6.64. The second-order valence-electron chi connectivity index (χ2n) is 5.28. The van der Waals surface area contributed by atoms with Crippen LogP contribution in [0.5, 0.6) is 5.75 Å². The number of hydrogen-bond acceptors (Lipinski definition) is 5. The number of nitrogens with zero attached hydrogens (tertiary/aromatic N) is 2. The number of hydrogen-bond donors (Lipinski definition) is 2. The van der Waals surface area contributed by atoms with Gasteiger partial charge in [-0.15, -0.1) is 0 Å². The fourth-order valence-corrected chi connectivity index (χ4v) is 2.49. The van der Waals surface area contributed by atoms with Gasteiger partial charge in [0.1, 0.15) is 5.75 Å². The summed E-state index contributed by atoms with van der Waals surface area (Å²) in [5.41, 5.74) is 3.88. The number of aromatic hydroxyl groups is 1. The SMILES string of the molecule is O=C(CCCc1ccc(O)cc1)N/N=C\c1ccc(Br)c([N+](=O)[O-])c1. The van der Waals surface area contributed by atoms with Crippen LogP contribution in [0.15, 0.2) is 52.0 Å². The van der Waals surface area contributed by atoms with Crippen molar-refractivity contribution < 1.29 is 14.8 Å². The van der Waals surface area contributed by atoms with Crippen LogP contribution in [0.2, 0.25) is 0 Å². The summed E-state index contributed by atoms with van der Waals surface area (Å²) in [6.07, 6.45) is 3.03. The lowest BCUT2D eigenvalue weighted by Crippen LogP contribution is -2.17. The summed E-state index contributed by atoms with van der Waals surface area (Å²) in [5.74, 6) is -0.0225. The van der Waals surface area contributed by atoms with Gasteiger partial charge in [-0.3, -0.25) is 14.9 Å². The maximum Gasteiger partial charge on any atom is 0.284 e. The first kappa shape index (κ1) is 18.6. The minimum absolute atomic E-state index is 0.0656. The van der Waals surface area contributed by atoms with Gasteiger partial charge < -0.3 is 5.11 Å². The smallest absolute Gasteiger partial charge is 0.284 e. The summed E-state index contributed by atoms with van der Waals surface area (Å²) in [6.45, 7) is 0. The van der Waals surface area contributed by atoms with Crippen molar-refractivity contribution in [3.63, 3.8) is 0 Å². The molecule has 25 heavy (non-hydrogen) atoms. The number of benzene rings is 2. The second-order valence-corrected chi connectivity index (χ2v) is 6.14. The predicted molar refractivity (Wildman–Crippen MR) is 97.6 cm³/mol. The van der Waals surface area contributed by atoms with Crippen LogP contribution in [0, 0.1) is 10.1 Å². The van der Waals surface area contributed by atoms with Crippen molar-refractivity contribution in [3.05, 3.63) is 68.2 Å². The lowest BCUT2D eigenvalue weighted by Gasteiger charge is -2.02. The summed E-state index contributed by atoms with van der Waals surface area (Å²) in [6, 6.07) is 11.4. The normalized spacial score (nSPS) is 10.8. The topological polar surface area (TPSA) is 105 Å². The molecule has 2 N–H and O–H groups in total. The molecule has 8 heteroatoms. The molecule has 1 amide bonds. The van der Waals surface area contributed by atoms with E-state index in [9.17, 15) is 20.0 Å². The van der Waals surface area contributed by atoms with Crippen LogP contribution in [0.25, 0.3) is 0 Å². The van der Waals surface area contributed by atoms with Crippen LogP contribution in [0.3, 0.4) is 0 Å². The molecule has 130 valence electrons. The molecule has 0 radical (unpaired) electrons. The average Bonchev–Trinajstić information content (AvgIpc) is 2.58. The van der Waals surface area contributed by atoms with Crippen molar-refractivity contribution in [1.82, 2.24) is 5.43 Å². The molecular formula is C17H16BrN3O4. The average molecular weight is 406 g/mol. The van der Waals surface area contributed by atoms with Gasteiger partial charge in [-0.25, -0.2) is 5.43 Å². The van der Waals surface area contributed by atoms with Crippen molar-refractivity contribution >= 4 is 33.7 Å². The monoisotopic (exact) mass is 405 g/mol. The molecule has 0 aliphatic heterocycles. The number of carbonyl (C=O) groups excluding carboxylic acids is 1. The summed E-state index contributed by atoms with van der Waals surface area (Å²) in [4.78, 5) is 22.1. The first-order chi connectivity index (χ1) is 12.0. The van der Waals surface area contributed by atoms with Gasteiger partial charge in [0.25, 0.3) is 5.69 Å². The van der Waals surface area contributed by atoms with Crippen molar-refractivity contribution in [2.75, 3.05) is 0 Å². The third-order valence-electron chi connectivity index (χ3n) is 3.38. The molecule has 2 rings (SSSR count). The highest BCUT2D eigenvalue weighted by Crippen LogP contribution is 2.24. The highest BCUT2D eigenvalue weighted by Gasteiger charge is 2.11. The zero-order valence-corrected chi connectivity index (χ0v) is 14.8. The maximum absolute atomic E-state index is 11.7. The highest BCUT2D eigenvalue weighted by molar-refractivity contribution is 9.10. The van der Waals surface area contributed by atoms with Gasteiger partial charge in [0, 0.05) is 18.1 Å². The van der Waals surface area contributed by atoms with Crippen molar-refractivity contribution in [1.29, 1.82) is 0 Å². The number of carbonyl (C=O) groups is 1. The molecule has 2 aromatic rings. The largest absolute Gasteiger partial charge is 0.508 e. The van der Waals surface area contributed by atoms with E-state index in [1.54, 1.807) is 24.3 Å². The number of aryl methyl sites for hydroxylation is 1. The summed E-state index contributed by atoms with van der Waals surface area (Å²) in [7, 11) is 0. The van der Waals surface area contributed by atoms with Crippen LogP contribution in [-0.2, 0) is 11.2 Å². The van der Waals surface area contributed by atoms with E-state index in [0.29, 0.717) is 22.9 Å². The fraction of sp³-hybridized carbons (Fsp3) is 0.176. The second kappa shape index (κ2) is 8.93. The van der Waals surface area contributed by atoms with Crippen molar-refractivity contribution in [2.24, 2.45) is 5.10 Å². The first-order valence-corrected chi connectivity index (χ1v) is 8.29. The number of hydrazone groups is 1. The van der Waals surface area contributed by atoms with Gasteiger partial charge >= 0.3 is 0 Å². The van der Waals surface area contributed by atoms with Gasteiger partial charge in [0.15, 0.2) is 0 Å². The summed E-state index contributed by atoms with van der Waals surface area (Å²) < 4.78 is 0.382. The Hall–Kier alpha value is -2.74. The molecule has 0 spiro atoms. The quantitative estimate of drug-likeness (QED) is 0.417.